The summed E-state index contributed by atoms with van der Waals surface area (Å²) in [5, 5.41) is 2.92. The summed E-state index contributed by atoms with van der Waals surface area (Å²) >= 11 is 0. The fourth-order valence-corrected chi connectivity index (χ4v) is 3.38. The monoisotopic (exact) mass is 364 g/mol. The smallest absolute Gasteiger partial charge is 0.251 e. The molecule has 1 saturated carbocycles. The zero-order valence-corrected chi connectivity index (χ0v) is 15.3. The Bertz CT molecular complexity index is 795. The lowest BCUT2D eigenvalue weighted by Gasteiger charge is -2.36. The summed E-state index contributed by atoms with van der Waals surface area (Å²) in [7, 11) is 0. The largest absolute Gasteiger partial charge is 0.368 e. The number of benzene rings is 1. The molecule has 4 rings (SSSR count). The number of amides is 2. The number of pyridine rings is 1. The van der Waals surface area contributed by atoms with Gasteiger partial charge >= 0.3 is 0 Å². The van der Waals surface area contributed by atoms with Crippen molar-refractivity contribution in [2.24, 2.45) is 5.92 Å². The lowest BCUT2D eigenvalue weighted by molar-refractivity contribution is -0.132. The minimum atomic E-state index is -0.0850. The molecule has 1 aromatic heterocycles. The van der Waals surface area contributed by atoms with Gasteiger partial charge in [-0.05, 0) is 54.8 Å². The van der Waals surface area contributed by atoms with Crippen molar-refractivity contribution in [3.05, 3.63) is 59.9 Å². The molecule has 1 N–H and O–H groups in total. The third-order valence-electron chi connectivity index (χ3n) is 5.22. The standard InChI is InChI=1S/C21H24N4O2/c26-20(23-15-16-7-9-22-10-8-16)17-3-5-19(6-4-17)24-11-13-25(14-12-24)21(27)18-1-2-18/h3-10,18H,1-2,11-15H2,(H,23,26). The fourth-order valence-electron chi connectivity index (χ4n) is 3.38. The van der Waals surface area contributed by atoms with Crippen molar-refractivity contribution in [3.8, 4) is 0 Å². The summed E-state index contributed by atoms with van der Waals surface area (Å²) in [6, 6.07) is 11.5. The molecule has 1 aromatic carbocycles. The summed E-state index contributed by atoms with van der Waals surface area (Å²) in [5.74, 6) is 0.538. The van der Waals surface area contributed by atoms with E-state index < -0.39 is 0 Å². The summed E-state index contributed by atoms with van der Waals surface area (Å²) in [6.45, 7) is 3.73. The number of carbonyl (C=O) groups is 2. The summed E-state index contributed by atoms with van der Waals surface area (Å²) in [4.78, 5) is 32.7. The average molecular weight is 364 g/mol. The van der Waals surface area contributed by atoms with Crippen molar-refractivity contribution in [1.82, 2.24) is 15.2 Å². The predicted molar refractivity (Wildman–Crippen MR) is 103 cm³/mol. The maximum absolute atomic E-state index is 12.3. The van der Waals surface area contributed by atoms with Crippen LogP contribution in [0.1, 0.15) is 28.8 Å². The second-order valence-electron chi connectivity index (χ2n) is 7.17. The zero-order chi connectivity index (χ0) is 18.6. The molecular formula is C21H24N4O2. The number of hydrogen-bond donors (Lipinski definition) is 1. The molecule has 2 aromatic rings. The Hall–Kier alpha value is -2.89. The van der Waals surface area contributed by atoms with Gasteiger partial charge in [-0.15, -0.1) is 0 Å². The van der Waals surface area contributed by atoms with Gasteiger partial charge in [-0.3, -0.25) is 14.6 Å². The molecule has 1 aliphatic carbocycles. The number of nitrogens with one attached hydrogen (secondary N) is 1. The van der Waals surface area contributed by atoms with Crippen LogP contribution in [0.4, 0.5) is 5.69 Å². The average Bonchev–Trinajstić information content (AvgIpc) is 3.58. The Morgan fingerprint density at radius 2 is 1.63 bits per heavy atom. The molecule has 6 nitrogen and oxygen atoms in total. The van der Waals surface area contributed by atoms with E-state index in [9.17, 15) is 9.59 Å². The maximum Gasteiger partial charge on any atom is 0.251 e. The first kappa shape index (κ1) is 17.5. The predicted octanol–water partition coefficient (Wildman–Crippen LogP) is 2.07. The normalized spacial score (nSPS) is 16.9. The van der Waals surface area contributed by atoms with Gasteiger partial charge in [0.2, 0.25) is 5.91 Å². The van der Waals surface area contributed by atoms with Crippen molar-refractivity contribution in [2.45, 2.75) is 19.4 Å². The number of nitrogens with zero attached hydrogens (tertiary/aromatic N) is 3. The second-order valence-corrected chi connectivity index (χ2v) is 7.17. The topological polar surface area (TPSA) is 65.5 Å². The van der Waals surface area contributed by atoms with Crippen LogP contribution >= 0.6 is 0 Å². The first-order chi connectivity index (χ1) is 13.2. The van der Waals surface area contributed by atoms with E-state index in [1.54, 1.807) is 12.4 Å². The molecular weight excluding hydrogens is 340 g/mol. The van der Waals surface area contributed by atoms with Crippen LogP contribution in [0.3, 0.4) is 0 Å². The van der Waals surface area contributed by atoms with Crippen molar-refractivity contribution in [2.75, 3.05) is 31.1 Å². The second kappa shape index (κ2) is 7.78. The highest BCUT2D eigenvalue weighted by Crippen LogP contribution is 2.31. The first-order valence-electron chi connectivity index (χ1n) is 9.51. The Balaban J connectivity index is 1.29. The van der Waals surface area contributed by atoms with Crippen LogP contribution in [0.15, 0.2) is 48.8 Å². The summed E-state index contributed by atoms with van der Waals surface area (Å²) in [5.41, 5.74) is 2.77. The SMILES string of the molecule is O=C(NCc1ccncc1)c1ccc(N2CCN(C(=O)C3CC3)CC2)cc1. The van der Waals surface area contributed by atoms with Crippen LogP contribution in [-0.4, -0.2) is 47.9 Å². The Morgan fingerprint density at radius 3 is 2.26 bits per heavy atom. The molecule has 2 amide bonds. The van der Waals surface area contributed by atoms with Gasteiger partial charge in [0, 0.05) is 62.3 Å². The zero-order valence-electron chi connectivity index (χ0n) is 15.3. The molecule has 6 heteroatoms. The molecule has 2 aliphatic rings. The number of anilines is 1. The fraction of sp³-hybridized carbons (Fsp3) is 0.381. The van der Waals surface area contributed by atoms with E-state index in [0.717, 1.165) is 50.3 Å². The quantitative estimate of drug-likeness (QED) is 0.882. The van der Waals surface area contributed by atoms with Crippen LogP contribution in [0.2, 0.25) is 0 Å². The lowest BCUT2D eigenvalue weighted by atomic mass is 10.1. The number of aromatic nitrogens is 1. The Labute approximate surface area is 159 Å². The van der Waals surface area contributed by atoms with Gasteiger partial charge in [-0.2, -0.15) is 0 Å². The third kappa shape index (κ3) is 4.27. The van der Waals surface area contributed by atoms with Crippen LogP contribution in [0, 0.1) is 5.92 Å². The molecule has 0 spiro atoms. The van der Waals surface area contributed by atoms with E-state index in [1.807, 2.05) is 41.3 Å². The molecule has 0 unspecified atom stereocenters. The van der Waals surface area contributed by atoms with Gasteiger partial charge in [0.25, 0.3) is 5.91 Å². The molecule has 27 heavy (non-hydrogen) atoms. The van der Waals surface area contributed by atoms with Gasteiger partial charge < -0.3 is 15.1 Å². The minimum Gasteiger partial charge on any atom is -0.368 e. The lowest BCUT2D eigenvalue weighted by Crippen LogP contribution is -2.49. The molecule has 1 saturated heterocycles. The van der Waals surface area contributed by atoms with E-state index in [1.165, 1.54) is 0 Å². The van der Waals surface area contributed by atoms with E-state index in [2.05, 4.69) is 15.2 Å². The van der Waals surface area contributed by atoms with Gasteiger partial charge in [0.1, 0.15) is 0 Å². The van der Waals surface area contributed by atoms with Gasteiger partial charge in [0.05, 0.1) is 0 Å². The van der Waals surface area contributed by atoms with Crippen molar-refractivity contribution in [3.63, 3.8) is 0 Å². The van der Waals surface area contributed by atoms with Crippen LogP contribution in [0.5, 0.6) is 0 Å². The summed E-state index contributed by atoms with van der Waals surface area (Å²) in [6.07, 6.45) is 5.55. The molecule has 2 heterocycles. The highest BCUT2D eigenvalue weighted by atomic mass is 16.2. The van der Waals surface area contributed by atoms with E-state index in [4.69, 9.17) is 0 Å². The van der Waals surface area contributed by atoms with E-state index >= 15 is 0 Å². The van der Waals surface area contributed by atoms with Crippen LogP contribution < -0.4 is 10.2 Å². The number of hydrogen-bond acceptors (Lipinski definition) is 4. The van der Waals surface area contributed by atoms with Crippen LogP contribution in [-0.2, 0) is 11.3 Å². The minimum absolute atomic E-state index is 0.0850. The molecule has 0 radical (unpaired) electrons. The van der Waals surface area contributed by atoms with Gasteiger partial charge in [0.15, 0.2) is 0 Å². The molecule has 1 aliphatic heterocycles. The highest BCUT2D eigenvalue weighted by molar-refractivity contribution is 5.94. The molecule has 140 valence electrons. The van der Waals surface area contributed by atoms with Crippen molar-refractivity contribution < 1.29 is 9.59 Å². The molecule has 2 fully saturated rings. The first-order valence-corrected chi connectivity index (χ1v) is 9.51. The van der Waals surface area contributed by atoms with E-state index in [-0.39, 0.29) is 5.91 Å². The van der Waals surface area contributed by atoms with E-state index in [0.29, 0.717) is 23.9 Å². The number of piperazine rings is 1. The van der Waals surface area contributed by atoms with Crippen molar-refractivity contribution in [1.29, 1.82) is 0 Å². The third-order valence-corrected chi connectivity index (χ3v) is 5.22. The Kier molecular flexibility index (Phi) is 5.05. The van der Waals surface area contributed by atoms with Crippen molar-refractivity contribution >= 4 is 17.5 Å². The summed E-state index contributed by atoms with van der Waals surface area (Å²) < 4.78 is 0. The van der Waals surface area contributed by atoms with Crippen LogP contribution in [0.25, 0.3) is 0 Å². The number of carbonyl (C=O) groups excluding carboxylic acids is 2. The van der Waals surface area contributed by atoms with Gasteiger partial charge in [-0.25, -0.2) is 0 Å². The number of rotatable bonds is 5. The Morgan fingerprint density at radius 1 is 0.963 bits per heavy atom. The highest BCUT2D eigenvalue weighted by Gasteiger charge is 2.34. The van der Waals surface area contributed by atoms with Gasteiger partial charge in [-0.1, -0.05) is 0 Å². The molecule has 0 bridgehead atoms. The maximum atomic E-state index is 12.3. The molecule has 0 atom stereocenters.